The Morgan fingerprint density at radius 1 is 1.29 bits per heavy atom. The molecule has 1 aliphatic carbocycles. The molecule has 0 aliphatic heterocycles. The largest absolute Gasteiger partial charge is 0.376 e. The first-order valence-corrected chi connectivity index (χ1v) is 7.35. The Hall–Kier alpha value is -2.09. The van der Waals surface area contributed by atoms with Crippen molar-refractivity contribution >= 4 is 11.6 Å². The first-order chi connectivity index (χ1) is 10.1. The van der Waals surface area contributed by atoms with Gasteiger partial charge in [0.1, 0.15) is 11.4 Å². The molecule has 0 atom stereocenters. The number of benzene rings is 1. The molecule has 1 aromatic carbocycles. The fourth-order valence-electron chi connectivity index (χ4n) is 2.69. The van der Waals surface area contributed by atoms with E-state index in [-0.39, 0.29) is 18.3 Å². The number of nitrogens with one attached hydrogen (secondary N) is 2. The number of carbonyl (C=O) groups is 1. The van der Waals surface area contributed by atoms with E-state index in [2.05, 4.69) is 16.7 Å². The molecular formula is C16H20FN3O. The third-order valence-electron chi connectivity index (χ3n) is 3.83. The van der Waals surface area contributed by atoms with E-state index in [0.29, 0.717) is 18.5 Å². The smallest absolute Gasteiger partial charge is 0.240 e. The average Bonchev–Trinajstić information content (AvgIpc) is 2.71. The number of anilines is 1. The third kappa shape index (κ3) is 4.45. The molecule has 0 unspecified atom stereocenters. The molecule has 112 valence electrons. The fourth-order valence-corrected chi connectivity index (χ4v) is 2.69. The summed E-state index contributed by atoms with van der Waals surface area (Å²) in [5, 5.41) is 15.1. The van der Waals surface area contributed by atoms with Crippen molar-refractivity contribution in [1.29, 1.82) is 5.26 Å². The zero-order valence-corrected chi connectivity index (χ0v) is 12.0. The molecule has 0 saturated heterocycles. The topological polar surface area (TPSA) is 64.9 Å². The van der Waals surface area contributed by atoms with Gasteiger partial charge >= 0.3 is 0 Å². The maximum absolute atomic E-state index is 13.0. The lowest BCUT2D eigenvalue weighted by atomic mass is 9.92. The number of halogens is 1. The Morgan fingerprint density at radius 3 is 2.62 bits per heavy atom. The van der Waals surface area contributed by atoms with E-state index in [0.717, 1.165) is 25.7 Å². The molecule has 0 aromatic heterocycles. The predicted molar refractivity (Wildman–Crippen MR) is 79.1 cm³/mol. The Bertz CT molecular complexity index is 531. The molecule has 21 heavy (non-hydrogen) atoms. The molecule has 5 heteroatoms. The van der Waals surface area contributed by atoms with Gasteiger partial charge in [-0.1, -0.05) is 31.7 Å². The van der Waals surface area contributed by atoms with Gasteiger partial charge in [-0.2, -0.15) is 5.26 Å². The second-order valence-corrected chi connectivity index (χ2v) is 5.52. The van der Waals surface area contributed by atoms with E-state index < -0.39 is 5.54 Å². The maximum atomic E-state index is 13.0. The van der Waals surface area contributed by atoms with Crippen LogP contribution >= 0.6 is 0 Å². The SMILES string of the molecule is N#CC1(NC(=O)CNc2cccc(F)c2)CCCCCC1. The van der Waals surface area contributed by atoms with E-state index in [1.807, 2.05) is 0 Å². The van der Waals surface area contributed by atoms with E-state index in [4.69, 9.17) is 0 Å². The molecule has 2 rings (SSSR count). The molecule has 1 aromatic rings. The van der Waals surface area contributed by atoms with Gasteiger partial charge < -0.3 is 10.6 Å². The van der Waals surface area contributed by atoms with Gasteiger partial charge in [-0.25, -0.2) is 4.39 Å². The van der Waals surface area contributed by atoms with Gasteiger partial charge in [0.25, 0.3) is 0 Å². The number of hydrogen-bond acceptors (Lipinski definition) is 3. The summed E-state index contributed by atoms with van der Waals surface area (Å²) in [6.45, 7) is 0.0346. The zero-order chi connectivity index (χ0) is 15.1. The van der Waals surface area contributed by atoms with Crippen LogP contribution in [0.1, 0.15) is 38.5 Å². The second kappa shape index (κ2) is 7.07. The molecule has 0 bridgehead atoms. The van der Waals surface area contributed by atoms with Crippen LogP contribution in [0, 0.1) is 17.1 Å². The van der Waals surface area contributed by atoms with Crippen molar-refractivity contribution in [3.63, 3.8) is 0 Å². The van der Waals surface area contributed by atoms with E-state index in [9.17, 15) is 14.4 Å². The van der Waals surface area contributed by atoms with E-state index in [1.165, 1.54) is 12.1 Å². The molecular weight excluding hydrogens is 269 g/mol. The Kier molecular flexibility index (Phi) is 5.15. The molecule has 2 N–H and O–H groups in total. The summed E-state index contributed by atoms with van der Waals surface area (Å²) < 4.78 is 13.0. The molecule has 1 fully saturated rings. The number of rotatable bonds is 4. The van der Waals surface area contributed by atoms with Crippen LogP contribution in [0.2, 0.25) is 0 Å². The predicted octanol–water partition coefficient (Wildman–Crippen LogP) is 2.97. The minimum atomic E-state index is -0.739. The maximum Gasteiger partial charge on any atom is 0.240 e. The first kappa shape index (κ1) is 15.3. The lowest BCUT2D eigenvalue weighted by Crippen LogP contribution is -2.48. The summed E-state index contributed by atoms with van der Waals surface area (Å²) in [7, 11) is 0. The van der Waals surface area contributed by atoms with Gasteiger partial charge in [0, 0.05) is 5.69 Å². The summed E-state index contributed by atoms with van der Waals surface area (Å²) >= 11 is 0. The average molecular weight is 289 g/mol. The number of nitriles is 1. The first-order valence-electron chi connectivity index (χ1n) is 7.35. The lowest BCUT2D eigenvalue weighted by Gasteiger charge is -2.26. The van der Waals surface area contributed by atoms with Crippen molar-refractivity contribution < 1.29 is 9.18 Å². The monoisotopic (exact) mass is 289 g/mol. The van der Waals surface area contributed by atoms with Gasteiger partial charge in [-0.3, -0.25) is 4.79 Å². The van der Waals surface area contributed by atoms with Gasteiger partial charge in [0.05, 0.1) is 12.6 Å². The van der Waals surface area contributed by atoms with Crippen molar-refractivity contribution in [2.75, 3.05) is 11.9 Å². The van der Waals surface area contributed by atoms with Crippen LogP contribution in [0.4, 0.5) is 10.1 Å². The van der Waals surface area contributed by atoms with Gasteiger partial charge in [-0.15, -0.1) is 0 Å². The highest BCUT2D eigenvalue weighted by Gasteiger charge is 2.32. The van der Waals surface area contributed by atoms with E-state index >= 15 is 0 Å². The number of amides is 1. The fraction of sp³-hybridized carbons (Fsp3) is 0.500. The Labute approximate surface area is 124 Å². The van der Waals surface area contributed by atoms with Crippen LogP contribution in [0.15, 0.2) is 24.3 Å². The quantitative estimate of drug-likeness (QED) is 0.838. The highest BCUT2D eigenvalue weighted by Crippen LogP contribution is 2.26. The molecule has 0 spiro atoms. The highest BCUT2D eigenvalue weighted by atomic mass is 19.1. The van der Waals surface area contributed by atoms with E-state index in [1.54, 1.807) is 12.1 Å². The summed E-state index contributed by atoms with van der Waals surface area (Å²) in [6.07, 6.45) is 5.56. The Morgan fingerprint density at radius 2 is 2.00 bits per heavy atom. The van der Waals surface area contributed by atoms with Crippen molar-refractivity contribution in [2.24, 2.45) is 0 Å². The molecule has 4 nitrogen and oxygen atoms in total. The van der Waals surface area contributed by atoms with Crippen molar-refractivity contribution in [3.05, 3.63) is 30.1 Å². The highest BCUT2D eigenvalue weighted by molar-refractivity contribution is 5.81. The van der Waals surface area contributed by atoms with Gasteiger partial charge in [0.2, 0.25) is 5.91 Å². The van der Waals surface area contributed by atoms with Crippen LogP contribution in [-0.2, 0) is 4.79 Å². The minimum absolute atomic E-state index is 0.0346. The molecule has 0 radical (unpaired) electrons. The summed E-state index contributed by atoms with van der Waals surface area (Å²) in [5.41, 5.74) is -0.186. The molecule has 1 saturated carbocycles. The number of carbonyl (C=O) groups excluding carboxylic acids is 1. The van der Waals surface area contributed by atoms with Crippen LogP contribution < -0.4 is 10.6 Å². The minimum Gasteiger partial charge on any atom is -0.376 e. The van der Waals surface area contributed by atoms with Gasteiger partial charge in [-0.05, 0) is 31.0 Å². The van der Waals surface area contributed by atoms with Crippen LogP contribution in [-0.4, -0.2) is 18.0 Å². The molecule has 1 amide bonds. The number of hydrogen-bond donors (Lipinski definition) is 2. The summed E-state index contributed by atoms with van der Waals surface area (Å²) in [6, 6.07) is 8.23. The Balaban J connectivity index is 1.89. The number of nitrogens with zero attached hydrogens (tertiary/aromatic N) is 1. The molecule has 0 heterocycles. The third-order valence-corrected chi connectivity index (χ3v) is 3.83. The van der Waals surface area contributed by atoms with Crippen LogP contribution in [0.25, 0.3) is 0 Å². The summed E-state index contributed by atoms with van der Waals surface area (Å²) in [5.74, 6) is -0.583. The second-order valence-electron chi connectivity index (χ2n) is 5.52. The van der Waals surface area contributed by atoms with Crippen molar-refractivity contribution in [3.8, 4) is 6.07 Å². The summed E-state index contributed by atoms with van der Waals surface area (Å²) in [4.78, 5) is 12.0. The van der Waals surface area contributed by atoms with Crippen molar-refractivity contribution in [2.45, 2.75) is 44.1 Å². The van der Waals surface area contributed by atoms with Gasteiger partial charge in [0.15, 0.2) is 0 Å². The molecule has 1 aliphatic rings. The normalized spacial score (nSPS) is 17.3. The zero-order valence-electron chi connectivity index (χ0n) is 12.0. The standard InChI is InChI=1S/C16H20FN3O/c17-13-6-5-7-14(10-13)19-11-15(21)20-16(12-18)8-3-1-2-4-9-16/h5-7,10,19H,1-4,8-9,11H2,(H,20,21). The van der Waals surface area contributed by atoms with Crippen LogP contribution in [0.3, 0.4) is 0 Å². The van der Waals surface area contributed by atoms with Crippen LogP contribution in [0.5, 0.6) is 0 Å². The lowest BCUT2D eigenvalue weighted by molar-refractivity contribution is -0.120. The van der Waals surface area contributed by atoms with Crippen molar-refractivity contribution in [1.82, 2.24) is 5.32 Å².